The lowest BCUT2D eigenvalue weighted by Crippen LogP contribution is -2.56. The van der Waals surface area contributed by atoms with E-state index in [-0.39, 0.29) is 6.61 Å². The Morgan fingerprint density at radius 1 is 0.511 bits per heavy atom. The number of hydrogen-bond donors (Lipinski definition) is 0. The van der Waals surface area contributed by atoms with E-state index in [1.807, 2.05) is 22.6 Å². The number of alkyl halides is 1. The van der Waals surface area contributed by atoms with Crippen LogP contribution < -0.4 is 20.2 Å². The summed E-state index contributed by atoms with van der Waals surface area (Å²) in [6, 6.07) is 0. The van der Waals surface area contributed by atoms with E-state index in [1.165, 1.54) is 96.5 Å². The number of carbonyl (C=O) groups is 2. The van der Waals surface area contributed by atoms with Crippen LogP contribution in [0.1, 0.15) is 83.1 Å². The molecule has 45 heavy (non-hydrogen) atoms. The highest BCUT2D eigenvalue weighted by Crippen LogP contribution is 1.99. The van der Waals surface area contributed by atoms with Gasteiger partial charge in [-0.3, -0.25) is 7.32 Å². The van der Waals surface area contributed by atoms with Gasteiger partial charge in [-0.05, 0) is 83.1 Å². The van der Waals surface area contributed by atoms with Gasteiger partial charge in [-0.15, -0.1) is 0 Å². The number of carboxylic acid groups (broad SMARTS) is 1. The van der Waals surface area contributed by atoms with Gasteiger partial charge < -0.3 is 47.6 Å². The Kier molecular flexibility index (Phi) is 43.9. The van der Waals surface area contributed by atoms with Gasteiger partial charge in [-0.1, -0.05) is 22.6 Å². The maximum atomic E-state index is 10.0. The maximum absolute atomic E-state index is 10.0. The van der Waals surface area contributed by atoms with Gasteiger partial charge in [0.25, 0.3) is 0 Å². The monoisotopic (exact) mass is 766 g/mol. The Labute approximate surface area is 294 Å². The number of carbonyl (C=O) groups excluding carboxylic acids is 2. The fourth-order valence-electron chi connectivity index (χ4n) is 2.87. The number of carboxylic acids is 1. The highest BCUT2D eigenvalue weighted by molar-refractivity contribution is 14.1. The lowest BCUT2D eigenvalue weighted by atomic mass is 10.3. The molecular weight excluding hydrogens is 690 g/mol. The van der Waals surface area contributed by atoms with Crippen LogP contribution in [0.25, 0.3) is 0 Å². The van der Waals surface area contributed by atoms with Crippen LogP contribution in [0.3, 0.4) is 0 Å². The lowest BCUT2D eigenvalue weighted by molar-refractivity contribution is -0.904. The predicted molar refractivity (Wildman–Crippen MR) is 192 cm³/mol. The third-order valence-electron chi connectivity index (χ3n) is 9.64. The summed E-state index contributed by atoms with van der Waals surface area (Å²) in [6.45, 7) is 42.1. The summed E-state index contributed by atoms with van der Waals surface area (Å²) in [7, 11) is 6.25. The molecule has 0 radical (unpaired) electrons. The molecule has 0 rings (SSSR count). The summed E-state index contributed by atoms with van der Waals surface area (Å²) in [5, 5.41) is 34.9. The average molecular weight is 767 g/mol. The van der Waals surface area contributed by atoms with Crippen LogP contribution in [0.2, 0.25) is 0 Å². The molecular formula is C32H76BIN4O7. The molecule has 0 unspecified atom stereocenters. The van der Waals surface area contributed by atoms with E-state index >= 15 is 0 Å². The number of aliphatic carboxylic acids is 1. The van der Waals surface area contributed by atoms with Gasteiger partial charge in [0.05, 0.1) is 107 Å². The average Bonchev–Trinajstić information content (AvgIpc) is 3.06. The first-order chi connectivity index (χ1) is 20.6. The third-order valence-corrected chi connectivity index (χ3v) is 10.1. The first-order valence-electron chi connectivity index (χ1n) is 16.9. The molecule has 0 bridgehead atoms. The molecule has 0 aromatic carbocycles. The van der Waals surface area contributed by atoms with Crippen molar-refractivity contribution in [1.29, 1.82) is 0 Å². The predicted octanol–water partition coefficient (Wildman–Crippen LogP) is 0.738. The summed E-state index contributed by atoms with van der Waals surface area (Å²) < 4.78 is 9.56. The molecule has 0 aliphatic rings. The number of nitrogens with zero attached hydrogens (tertiary/aromatic N) is 4. The van der Waals surface area contributed by atoms with Crippen molar-refractivity contribution in [2.24, 2.45) is 0 Å². The first-order valence-corrected chi connectivity index (χ1v) is 18.4. The van der Waals surface area contributed by atoms with Crippen LogP contribution in [0.4, 0.5) is 0 Å². The summed E-state index contributed by atoms with van der Waals surface area (Å²) in [6.07, 6.45) is 0. The molecule has 0 aliphatic heterocycles. The molecule has 0 saturated heterocycles. The minimum Gasteiger partial charge on any atom is -0.907 e. The zero-order valence-electron chi connectivity index (χ0n) is 32.5. The number of rotatable bonds is 14. The number of quaternary nitrogens is 4. The Morgan fingerprint density at radius 2 is 0.667 bits per heavy atom. The summed E-state index contributed by atoms with van der Waals surface area (Å²) in [4.78, 5) is 19.6. The molecule has 0 heterocycles. The van der Waals surface area contributed by atoms with Crippen LogP contribution in [0.15, 0.2) is 0 Å². The van der Waals surface area contributed by atoms with E-state index in [0.717, 1.165) is 0 Å². The third kappa shape index (κ3) is 39.5. The van der Waals surface area contributed by atoms with Crippen LogP contribution >= 0.6 is 22.6 Å². The van der Waals surface area contributed by atoms with Gasteiger partial charge in [0.1, 0.15) is 6.61 Å². The van der Waals surface area contributed by atoms with Gasteiger partial charge in [-0.2, -0.15) is 0 Å². The standard InChI is InChI=1S/4C7H18N.C4H5IO4.BO3/c4*1-5-8(4,6-2)7-3;5-1-2-9-4(8)3(6)7;2-1(3)4/h4*5-7H2,1-4H3;1-2H2,(H,6,7);/q4*+1;;-3/p-1. The van der Waals surface area contributed by atoms with Gasteiger partial charge in [0.15, 0.2) is 5.97 Å². The molecule has 0 atom stereocenters. The number of hydrogen-bond acceptors (Lipinski definition) is 7. The smallest absolute Gasteiger partial charge is 0.354 e. The van der Waals surface area contributed by atoms with Crippen molar-refractivity contribution in [1.82, 2.24) is 0 Å². The van der Waals surface area contributed by atoms with E-state index in [0.29, 0.717) is 4.43 Å². The van der Waals surface area contributed by atoms with E-state index < -0.39 is 19.3 Å². The van der Waals surface area contributed by atoms with Gasteiger partial charge in [0, 0.05) is 4.43 Å². The normalized spacial score (nSPS) is 10.8. The van der Waals surface area contributed by atoms with Crippen molar-refractivity contribution in [2.45, 2.75) is 83.1 Å². The second-order valence-electron chi connectivity index (χ2n) is 11.7. The van der Waals surface area contributed by atoms with Crippen LogP contribution in [0.5, 0.6) is 0 Å². The van der Waals surface area contributed by atoms with E-state index in [4.69, 9.17) is 15.1 Å². The van der Waals surface area contributed by atoms with Gasteiger partial charge >= 0.3 is 5.97 Å². The quantitative estimate of drug-likeness (QED) is 0.0636. The fraction of sp³-hybridized carbons (Fsp3) is 0.938. The summed E-state index contributed by atoms with van der Waals surface area (Å²) >= 11 is 1.95. The van der Waals surface area contributed by atoms with E-state index in [9.17, 15) is 14.7 Å². The maximum Gasteiger partial charge on any atom is 0.354 e. The molecule has 0 fully saturated rings. The molecule has 0 aromatic heterocycles. The minimum atomic E-state index is -2.92. The Hall–Kier alpha value is -0.545. The minimum absolute atomic E-state index is 0.118. The van der Waals surface area contributed by atoms with Crippen molar-refractivity contribution in [2.75, 3.05) is 118 Å². The van der Waals surface area contributed by atoms with Crippen molar-refractivity contribution in [3.8, 4) is 0 Å². The molecule has 276 valence electrons. The molecule has 0 amide bonds. The highest BCUT2D eigenvalue weighted by atomic mass is 127. The van der Waals surface area contributed by atoms with Crippen molar-refractivity contribution in [3.63, 3.8) is 0 Å². The molecule has 0 aliphatic carbocycles. The van der Waals surface area contributed by atoms with Crippen LogP contribution in [-0.2, 0) is 14.3 Å². The molecule has 0 aromatic rings. The van der Waals surface area contributed by atoms with Gasteiger partial charge in [0.2, 0.25) is 0 Å². The fourth-order valence-corrected chi connectivity index (χ4v) is 3.09. The number of esters is 1. The molecule has 13 heteroatoms. The highest BCUT2D eigenvalue weighted by Gasteiger charge is 2.13. The van der Waals surface area contributed by atoms with Crippen molar-refractivity contribution < 1.29 is 52.4 Å². The second-order valence-corrected chi connectivity index (χ2v) is 12.8. The Balaban J connectivity index is -0.000000103. The summed E-state index contributed by atoms with van der Waals surface area (Å²) in [5.41, 5.74) is 0. The topological polar surface area (TPSA) is 136 Å². The number of ether oxygens (including phenoxy) is 1. The largest absolute Gasteiger partial charge is 0.907 e. The number of halogens is 1. The Morgan fingerprint density at radius 3 is 0.733 bits per heavy atom. The van der Waals surface area contributed by atoms with Crippen LogP contribution in [-0.4, -0.2) is 155 Å². The zero-order valence-corrected chi connectivity index (χ0v) is 34.7. The first kappa shape index (κ1) is 56.8. The molecule has 0 saturated carbocycles. The lowest BCUT2D eigenvalue weighted by Gasteiger charge is -2.35. The van der Waals surface area contributed by atoms with Crippen molar-refractivity contribution in [3.05, 3.63) is 0 Å². The van der Waals surface area contributed by atoms with E-state index in [2.05, 4.69) is 116 Å². The zero-order chi connectivity index (χ0) is 37.3. The van der Waals surface area contributed by atoms with Crippen LogP contribution in [0, 0.1) is 0 Å². The second kappa shape index (κ2) is 34.8. The van der Waals surface area contributed by atoms with E-state index in [1.54, 1.807) is 0 Å². The van der Waals surface area contributed by atoms with Gasteiger partial charge in [-0.25, -0.2) is 4.79 Å². The Bertz CT molecular complexity index is 539. The van der Waals surface area contributed by atoms with Crippen molar-refractivity contribution >= 4 is 41.9 Å². The SMILES string of the molecule is CC[N+](C)(CC)CC.CC[N+](C)(CC)CC.CC[N+](C)(CC)CC.CC[N+](C)(CC)CC.O=C([O-])C(=O)OCCI.[O-]B([O-])[O-]. The molecule has 11 nitrogen and oxygen atoms in total. The molecule has 0 N–H and O–H groups in total. The molecule has 0 spiro atoms. The summed E-state index contributed by atoms with van der Waals surface area (Å²) in [5.74, 6) is -3.09.